The number of amidine groups is 2. The first-order valence-electron chi connectivity index (χ1n) is 8.58. The largest absolute Gasteiger partial charge is 0.460 e. The van der Waals surface area contributed by atoms with Gasteiger partial charge in [0.2, 0.25) is 0 Å². The average molecular weight is 353 g/mol. The summed E-state index contributed by atoms with van der Waals surface area (Å²) < 4.78 is 16.4. The summed E-state index contributed by atoms with van der Waals surface area (Å²) in [5.74, 6) is 0.601. The molecule has 3 aliphatic rings. The maximum atomic E-state index is 11.5. The van der Waals surface area contributed by atoms with Crippen LogP contribution in [-0.4, -0.2) is 66.8 Å². The fraction of sp³-hybridized carbons (Fsp3) is 0.750. The molecule has 1 saturated heterocycles. The van der Waals surface area contributed by atoms with Crippen molar-refractivity contribution in [2.75, 3.05) is 13.2 Å². The summed E-state index contributed by atoms with van der Waals surface area (Å²) in [4.78, 5) is 26.3. The van der Waals surface area contributed by atoms with Gasteiger partial charge < -0.3 is 24.8 Å². The topological polar surface area (TPSA) is 111 Å². The number of carbonyl (C=O) groups excluding carboxylic acids is 1. The Morgan fingerprint density at radius 3 is 2.88 bits per heavy atom. The average Bonchev–Trinajstić information content (AvgIpc) is 3.20. The van der Waals surface area contributed by atoms with E-state index in [4.69, 9.17) is 19.9 Å². The molecule has 2 N–H and O–H groups in total. The van der Waals surface area contributed by atoms with Crippen LogP contribution in [-0.2, 0) is 19.0 Å². The number of nitrogens with two attached hydrogens (primary N) is 1. The van der Waals surface area contributed by atoms with E-state index in [0.29, 0.717) is 18.3 Å². The van der Waals surface area contributed by atoms with Crippen molar-refractivity contribution in [3.8, 4) is 0 Å². The van der Waals surface area contributed by atoms with Gasteiger partial charge in [-0.25, -0.2) is 9.98 Å². The van der Waals surface area contributed by atoms with Gasteiger partial charge in [0.15, 0.2) is 18.7 Å². The number of aliphatic imine (C=N–C) groups is 3. The molecule has 0 aromatic heterocycles. The third kappa shape index (κ3) is 4.35. The predicted octanol–water partition coefficient (Wildman–Crippen LogP) is 0.739. The lowest BCUT2D eigenvalue weighted by Gasteiger charge is -2.30. The Balaban J connectivity index is 0.00000109. The summed E-state index contributed by atoms with van der Waals surface area (Å²) in [6.07, 6.45) is 0.461. The number of hydrogen-bond acceptors (Lipinski definition) is 9. The molecule has 140 valence electrons. The third-order valence-corrected chi connectivity index (χ3v) is 3.76. The molecule has 4 atom stereocenters. The van der Waals surface area contributed by atoms with E-state index in [1.165, 1.54) is 0 Å². The Hall–Kier alpha value is -2.00. The molecule has 9 nitrogen and oxygen atoms in total. The highest BCUT2D eigenvalue weighted by molar-refractivity contribution is 6.01. The van der Waals surface area contributed by atoms with Gasteiger partial charge in [-0.2, -0.15) is 0 Å². The Bertz CT molecular complexity index is 575. The van der Waals surface area contributed by atoms with Crippen molar-refractivity contribution in [2.45, 2.75) is 59.3 Å². The number of fused-ring (bicyclic) bond motifs is 1. The van der Waals surface area contributed by atoms with Crippen LogP contribution in [0.1, 0.15) is 34.6 Å². The van der Waals surface area contributed by atoms with Gasteiger partial charge in [0.25, 0.3) is 0 Å². The second kappa shape index (κ2) is 8.39. The zero-order chi connectivity index (χ0) is 18.6. The van der Waals surface area contributed by atoms with Crippen molar-refractivity contribution in [1.82, 2.24) is 4.90 Å². The number of esters is 1. The highest BCUT2D eigenvalue weighted by atomic mass is 16.7. The van der Waals surface area contributed by atoms with Crippen LogP contribution in [0.5, 0.6) is 0 Å². The lowest BCUT2D eigenvalue weighted by molar-refractivity contribution is -0.163. The first-order valence-corrected chi connectivity index (χ1v) is 8.58. The van der Waals surface area contributed by atoms with Crippen molar-refractivity contribution in [3.63, 3.8) is 0 Å². The normalized spacial score (nSPS) is 30.4. The van der Waals surface area contributed by atoms with Crippen molar-refractivity contribution in [3.05, 3.63) is 0 Å². The first-order chi connectivity index (χ1) is 12.0. The van der Waals surface area contributed by atoms with Gasteiger partial charge in [0, 0.05) is 0 Å². The van der Waals surface area contributed by atoms with Gasteiger partial charge in [-0.3, -0.25) is 9.79 Å². The van der Waals surface area contributed by atoms with Crippen LogP contribution in [0.15, 0.2) is 15.0 Å². The monoisotopic (exact) mass is 353 g/mol. The van der Waals surface area contributed by atoms with E-state index in [0.717, 1.165) is 0 Å². The summed E-state index contributed by atoms with van der Waals surface area (Å²) in [7, 11) is 0. The van der Waals surface area contributed by atoms with Crippen LogP contribution in [0.25, 0.3) is 0 Å². The molecule has 0 saturated carbocycles. The van der Waals surface area contributed by atoms with Crippen LogP contribution in [0.2, 0.25) is 0 Å². The molecule has 0 spiro atoms. The summed E-state index contributed by atoms with van der Waals surface area (Å²) in [5.41, 5.74) is 5.91. The molecule has 0 amide bonds. The molecule has 3 rings (SSSR count). The Morgan fingerprint density at radius 1 is 1.48 bits per heavy atom. The maximum absolute atomic E-state index is 11.5. The molecule has 9 heteroatoms. The van der Waals surface area contributed by atoms with Gasteiger partial charge in [0.05, 0.1) is 18.9 Å². The number of rotatable bonds is 4. The standard InChI is InChI=1S/C14H21N5O4.C2H6/c1-7(2)14(20)22-5-10-21-4-9(23-10)19-6-16-11-12(15)17-8(3)18-13(11)19;1-2/h6-7,9-11,13H,4-5H2,1-3H3,(H2,15,17,18);1-2H3/t9?,10-,11?,13?;/m1./s1. The molecule has 1 fully saturated rings. The van der Waals surface area contributed by atoms with Gasteiger partial charge in [-0.05, 0) is 6.92 Å². The van der Waals surface area contributed by atoms with Crippen molar-refractivity contribution >= 4 is 24.0 Å². The quantitative estimate of drug-likeness (QED) is 0.746. The van der Waals surface area contributed by atoms with Gasteiger partial charge >= 0.3 is 5.97 Å². The SMILES string of the molecule is CC.CC1=NC2C(N=CN2C2CO[C@@H](COC(=O)C(C)C)O2)C(N)=N1. The van der Waals surface area contributed by atoms with Crippen molar-refractivity contribution in [1.29, 1.82) is 0 Å². The lowest BCUT2D eigenvalue weighted by Crippen LogP contribution is -2.49. The Kier molecular flexibility index (Phi) is 6.49. The predicted molar refractivity (Wildman–Crippen MR) is 94.4 cm³/mol. The van der Waals surface area contributed by atoms with E-state index in [9.17, 15) is 4.79 Å². The van der Waals surface area contributed by atoms with E-state index in [-0.39, 0.29) is 36.9 Å². The summed E-state index contributed by atoms with van der Waals surface area (Å²) in [6, 6.07) is -0.292. The fourth-order valence-corrected chi connectivity index (χ4v) is 2.55. The minimum Gasteiger partial charge on any atom is -0.460 e. The number of hydrogen-bond donors (Lipinski definition) is 1. The van der Waals surface area contributed by atoms with Gasteiger partial charge in [-0.1, -0.05) is 27.7 Å². The first kappa shape index (κ1) is 19.3. The van der Waals surface area contributed by atoms with Gasteiger partial charge in [0.1, 0.15) is 24.3 Å². The number of ether oxygens (including phenoxy) is 3. The maximum Gasteiger partial charge on any atom is 0.308 e. The molecular formula is C16H27N5O4. The molecule has 0 aromatic rings. The van der Waals surface area contributed by atoms with E-state index in [1.54, 1.807) is 27.1 Å². The molecule has 0 bridgehead atoms. The smallest absolute Gasteiger partial charge is 0.308 e. The summed E-state index contributed by atoms with van der Waals surface area (Å²) in [5, 5.41) is 0. The fourth-order valence-electron chi connectivity index (χ4n) is 2.55. The lowest BCUT2D eigenvalue weighted by atomic mass is 10.2. The third-order valence-electron chi connectivity index (χ3n) is 3.76. The van der Waals surface area contributed by atoms with E-state index >= 15 is 0 Å². The molecule has 0 aliphatic carbocycles. The van der Waals surface area contributed by atoms with E-state index < -0.39 is 6.29 Å². The number of nitrogens with zero attached hydrogens (tertiary/aromatic N) is 4. The van der Waals surface area contributed by atoms with E-state index in [2.05, 4.69) is 15.0 Å². The summed E-state index contributed by atoms with van der Waals surface area (Å²) >= 11 is 0. The van der Waals surface area contributed by atoms with Crippen molar-refractivity contribution < 1.29 is 19.0 Å². The molecule has 3 aliphatic heterocycles. The molecule has 0 aromatic carbocycles. The second-order valence-electron chi connectivity index (χ2n) is 5.92. The summed E-state index contributed by atoms with van der Waals surface area (Å²) in [6.45, 7) is 9.75. The van der Waals surface area contributed by atoms with Crippen LogP contribution in [0.4, 0.5) is 0 Å². The zero-order valence-corrected chi connectivity index (χ0v) is 15.4. The zero-order valence-electron chi connectivity index (χ0n) is 15.4. The highest BCUT2D eigenvalue weighted by Gasteiger charge is 2.42. The number of carbonyl (C=O) groups is 1. The van der Waals surface area contributed by atoms with Gasteiger partial charge in [-0.15, -0.1) is 0 Å². The second-order valence-corrected chi connectivity index (χ2v) is 5.92. The highest BCUT2D eigenvalue weighted by Crippen LogP contribution is 2.25. The van der Waals surface area contributed by atoms with Crippen LogP contribution < -0.4 is 5.73 Å². The van der Waals surface area contributed by atoms with Crippen LogP contribution in [0.3, 0.4) is 0 Å². The van der Waals surface area contributed by atoms with Crippen LogP contribution >= 0.6 is 0 Å². The van der Waals surface area contributed by atoms with E-state index in [1.807, 2.05) is 18.7 Å². The van der Waals surface area contributed by atoms with Crippen LogP contribution in [0, 0.1) is 5.92 Å². The Labute approximate surface area is 147 Å². The van der Waals surface area contributed by atoms with Crippen molar-refractivity contribution in [2.24, 2.45) is 26.6 Å². The molecule has 0 radical (unpaired) electrons. The Morgan fingerprint density at radius 2 is 2.20 bits per heavy atom. The minimum atomic E-state index is -0.588. The molecule has 25 heavy (non-hydrogen) atoms. The molecule has 3 heterocycles. The molecular weight excluding hydrogens is 326 g/mol. The minimum absolute atomic E-state index is 0.0679. The molecule has 3 unspecified atom stereocenters.